The van der Waals surface area contributed by atoms with Gasteiger partial charge < -0.3 is 9.47 Å². The number of urea groups is 1. The Hall–Kier alpha value is -2.40. The average molecular weight is 408 g/mol. The van der Waals surface area contributed by atoms with Crippen LogP contribution in [-0.2, 0) is 17.1 Å². The first-order valence-corrected chi connectivity index (χ1v) is 10.7. The van der Waals surface area contributed by atoms with Crippen LogP contribution in [0.3, 0.4) is 0 Å². The maximum atomic E-state index is 12.8. The number of hydrogen-bond donors (Lipinski definition) is 0. The summed E-state index contributed by atoms with van der Waals surface area (Å²) in [6, 6.07) is -0.0966. The van der Waals surface area contributed by atoms with E-state index in [0.29, 0.717) is 26.2 Å². The number of anilines is 1. The number of amides is 2. The Bertz CT molecular complexity index is 1000. The summed E-state index contributed by atoms with van der Waals surface area (Å²) in [5.41, 5.74) is 0.738. The minimum Gasteiger partial charge on any atom is -0.336 e. The van der Waals surface area contributed by atoms with Gasteiger partial charge >= 0.3 is 6.03 Å². The van der Waals surface area contributed by atoms with Crippen LogP contribution in [0, 0.1) is 0 Å². The summed E-state index contributed by atoms with van der Waals surface area (Å²) < 4.78 is 30.6. The van der Waals surface area contributed by atoms with Crippen LogP contribution in [-0.4, -0.2) is 76.2 Å². The van der Waals surface area contributed by atoms with Crippen LogP contribution >= 0.6 is 0 Å². The highest BCUT2D eigenvalue weighted by molar-refractivity contribution is 7.89. The number of hydrogen-bond acceptors (Lipinski definition) is 5. The van der Waals surface area contributed by atoms with Crippen molar-refractivity contribution in [3.63, 3.8) is 0 Å². The van der Waals surface area contributed by atoms with Gasteiger partial charge in [-0.1, -0.05) is 13.8 Å². The minimum absolute atomic E-state index is 0.0477. The molecule has 11 heteroatoms. The third-order valence-corrected chi connectivity index (χ3v) is 7.03. The first-order chi connectivity index (χ1) is 13.2. The van der Waals surface area contributed by atoms with E-state index >= 15 is 0 Å². The Labute approximate surface area is 164 Å². The molecule has 0 spiro atoms. The average Bonchev–Trinajstić information content (AvgIpc) is 3.27. The van der Waals surface area contributed by atoms with E-state index in [1.165, 1.54) is 4.31 Å². The summed E-state index contributed by atoms with van der Waals surface area (Å²) in [6.45, 7) is 5.95. The highest BCUT2D eigenvalue weighted by atomic mass is 32.2. The molecule has 2 saturated heterocycles. The van der Waals surface area contributed by atoms with E-state index in [0.717, 1.165) is 11.5 Å². The number of likely N-dealkylation sites (N-methyl/N-ethyl adjacent to an activating group) is 1. The second-order valence-corrected chi connectivity index (χ2v) is 9.60. The predicted molar refractivity (Wildman–Crippen MR) is 103 cm³/mol. The van der Waals surface area contributed by atoms with Crippen molar-refractivity contribution in [3.8, 4) is 0 Å². The summed E-state index contributed by atoms with van der Waals surface area (Å²) in [5, 5.41) is 4.42. The van der Waals surface area contributed by atoms with Gasteiger partial charge in [0.2, 0.25) is 0 Å². The molecule has 2 fully saturated rings. The van der Waals surface area contributed by atoms with Gasteiger partial charge in [-0.2, -0.15) is 9.40 Å². The van der Waals surface area contributed by atoms with Crippen molar-refractivity contribution in [1.82, 2.24) is 28.5 Å². The van der Waals surface area contributed by atoms with Crippen LogP contribution < -0.4 is 4.90 Å². The van der Waals surface area contributed by atoms with Gasteiger partial charge in [0.25, 0.3) is 10.0 Å². The zero-order valence-corrected chi connectivity index (χ0v) is 17.3. The summed E-state index contributed by atoms with van der Waals surface area (Å²) in [6.07, 6.45) is 5.03. The van der Waals surface area contributed by atoms with Crippen LogP contribution in [0.1, 0.15) is 31.6 Å². The van der Waals surface area contributed by atoms with Gasteiger partial charge in [0, 0.05) is 58.6 Å². The largest absolute Gasteiger partial charge is 0.336 e. The van der Waals surface area contributed by atoms with Crippen LogP contribution in [0.15, 0.2) is 23.6 Å². The second-order valence-electron chi connectivity index (χ2n) is 7.71. The molecule has 4 rings (SSSR count). The molecule has 152 valence electrons. The van der Waals surface area contributed by atoms with Crippen molar-refractivity contribution >= 4 is 21.7 Å². The number of imidazole rings is 1. The van der Waals surface area contributed by atoms with Crippen molar-refractivity contribution in [1.29, 1.82) is 0 Å². The third kappa shape index (κ3) is 2.98. The summed E-state index contributed by atoms with van der Waals surface area (Å²) in [5.74, 6) is 0.889. The monoisotopic (exact) mass is 407 g/mol. The van der Waals surface area contributed by atoms with Crippen LogP contribution in [0.2, 0.25) is 0 Å². The van der Waals surface area contributed by atoms with Gasteiger partial charge in [0.15, 0.2) is 5.03 Å². The molecular weight excluding hydrogens is 382 g/mol. The number of carbonyl (C=O) groups is 1. The smallest absolute Gasteiger partial charge is 0.324 e. The Morgan fingerprint density at radius 2 is 1.86 bits per heavy atom. The molecule has 0 atom stereocenters. The molecular formula is C17H25N7O3S. The Kier molecular flexibility index (Phi) is 4.46. The van der Waals surface area contributed by atoms with Crippen molar-refractivity contribution in [2.45, 2.75) is 30.8 Å². The normalized spacial score (nSPS) is 19.1. The minimum atomic E-state index is -3.61. The number of aryl methyl sites for hydroxylation is 1. The zero-order valence-electron chi connectivity index (χ0n) is 16.5. The van der Waals surface area contributed by atoms with Gasteiger partial charge in [0.1, 0.15) is 5.82 Å². The molecule has 28 heavy (non-hydrogen) atoms. The Morgan fingerprint density at radius 3 is 2.43 bits per heavy atom. The molecule has 0 unspecified atom stereocenters. The van der Waals surface area contributed by atoms with E-state index in [1.54, 1.807) is 38.5 Å². The lowest BCUT2D eigenvalue weighted by Gasteiger charge is -2.37. The van der Waals surface area contributed by atoms with Crippen LogP contribution in [0.4, 0.5) is 10.5 Å². The fourth-order valence-corrected chi connectivity index (χ4v) is 5.08. The molecule has 2 aromatic rings. The fourth-order valence-electron chi connectivity index (χ4n) is 3.58. The van der Waals surface area contributed by atoms with E-state index in [-0.39, 0.29) is 23.0 Å². The van der Waals surface area contributed by atoms with Crippen LogP contribution in [0.25, 0.3) is 0 Å². The number of nitrogens with zero attached hydrogens (tertiary/aromatic N) is 7. The second kappa shape index (κ2) is 6.59. The molecule has 10 nitrogen and oxygen atoms in total. The van der Waals surface area contributed by atoms with Crippen molar-refractivity contribution in [2.75, 3.05) is 38.1 Å². The maximum absolute atomic E-state index is 12.8. The lowest BCUT2D eigenvalue weighted by Crippen LogP contribution is -2.50. The van der Waals surface area contributed by atoms with Crippen molar-refractivity contribution in [3.05, 3.63) is 24.4 Å². The van der Waals surface area contributed by atoms with E-state index in [2.05, 4.69) is 10.1 Å². The van der Waals surface area contributed by atoms with E-state index in [1.807, 2.05) is 27.1 Å². The first-order valence-electron chi connectivity index (χ1n) is 9.28. The van der Waals surface area contributed by atoms with Gasteiger partial charge in [0.05, 0.1) is 17.9 Å². The SMILES string of the molecule is CC(C)c1nc(S(=O)(=O)N2CC(n3cc(N4CCN(C)C4=O)cn3)C2)cn1C. The molecule has 0 N–H and O–H groups in total. The quantitative estimate of drug-likeness (QED) is 0.732. The Morgan fingerprint density at radius 1 is 1.14 bits per heavy atom. The number of rotatable bonds is 5. The van der Waals surface area contributed by atoms with E-state index in [4.69, 9.17) is 0 Å². The summed E-state index contributed by atoms with van der Waals surface area (Å²) in [4.78, 5) is 19.8. The molecule has 0 aliphatic carbocycles. The molecule has 0 aromatic carbocycles. The van der Waals surface area contributed by atoms with Gasteiger partial charge in [-0.25, -0.2) is 18.2 Å². The third-order valence-electron chi connectivity index (χ3n) is 5.33. The van der Waals surface area contributed by atoms with Gasteiger partial charge in [-0.15, -0.1) is 0 Å². The summed E-state index contributed by atoms with van der Waals surface area (Å²) in [7, 11) is -0.0384. The first kappa shape index (κ1) is 18.9. The lowest BCUT2D eigenvalue weighted by atomic mass is 10.2. The van der Waals surface area contributed by atoms with E-state index < -0.39 is 10.0 Å². The number of aromatic nitrogens is 4. The zero-order chi connectivity index (χ0) is 20.2. The standard InChI is InChI=1S/C17H25N7O3S/c1-12(2)16-19-15(11-21(16)4)28(26,27)22-8-14(9-22)24-10-13(7-18-24)23-6-5-20(3)17(23)25/h7,10-12,14H,5-6,8-9H2,1-4H3. The molecule has 2 aliphatic heterocycles. The highest BCUT2D eigenvalue weighted by Crippen LogP contribution is 2.30. The Balaban J connectivity index is 1.45. The molecule has 0 bridgehead atoms. The molecule has 0 radical (unpaired) electrons. The van der Waals surface area contributed by atoms with Crippen molar-refractivity contribution < 1.29 is 13.2 Å². The summed E-state index contributed by atoms with van der Waals surface area (Å²) >= 11 is 0. The maximum Gasteiger partial charge on any atom is 0.324 e. The van der Waals surface area contributed by atoms with Gasteiger partial charge in [-0.05, 0) is 0 Å². The van der Waals surface area contributed by atoms with Crippen LogP contribution in [0.5, 0.6) is 0 Å². The number of sulfonamides is 1. The highest BCUT2D eigenvalue weighted by Gasteiger charge is 2.40. The predicted octanol–water partition coefficient (Wildman–Crippen LogP) is 0.857. The van der Waals surface area contributed by atoms with Crippen molar-refractivity contribution in [2.24, 2.45) is 7.05 Å². The fraction of sp³-hybridized carbons (Fsp3) is 0.588. The van der Waals surface area contributed by atoms with E-state index in [9.17, 15) is 13.2 Å². The molecule has 2 aromatic heterocycles. The molecule has 2 aliphatic rings. The van der Waals surface area contributed by atoms with Gasteiger partial charge in [-0.3, -0.25) is 9.58 Å². The molecule has 2 amide bonds. The number of carbonyl (C=O) groups excluding carboxylic acids is 1. The molecule has 0 saturated carbocycles. The molecule has 4 heterocycles. The lowest BCUT2D eigenvalue weighted by molar-refractivity contribution is 0.191. The topological polar surface area (TPSA) is 96.6 Å².